The van der Waals surface area contributed by atoms with Crippen molar-refractivity contribution in [2.75, 3.05) is 6.54 Å². The molecule has 4 rings (SSSR count). The van der Waals surface area contributed by atoms with Crippen LogP contribution in [-0.2, 0) is 32.1 Å². The maximum absolute atomic E-state index is 12.9. The molecule has 8 nitrogen and oxygen atoms in total. The number of esters is 2. The summed E-state index contributed by atoms with van der Waals surface area (Å²) in [5, 5.41) is 0. The number of carbonyl (C=O) groups excluding carboxylic acids is 4. The van der Waals surface area contributed by atoms with Crippen molar-refractivity contribution in [1.29, 1.82) is 0 Å². The van der Waals surface area contributed by atoms with Crippen LogP contribution >= 0.6 is 0 Å². The second-order valence-corrected chi connectivity index (χ2v) is 9.45. The minimum absolute atomic E-state index is 0.0445. The van der Waals surface area contributed by atoms with Gasteiger partial charge in [-0.05, 0) is 55.4 Å². The summed E-state index contributed by atoms with van der Waals surface area (Å²) in [5.74, 6) is -1.99. The third kappa shape index (κ3) is 7.39. The Balaban J connectivity index is 1.32. The standard InChI is InChI=1S/C31H32N2O6/c32-26(19-18-22-11-3-1-4-12-22)30(36)39-27(31(37)38-21-23-13-5-2-6-14-23)17-9-10-20-33-28(34)24-15-7-8-16-25(24)29(33)35/h1-8,11-16,26-27H,9-10,17-21,32H2/t26-,27+/m0/s1. The van der Waals surface area contributed by atoms with Crippen LogP contribution in [0.1, 0.15) is 57.5 Å². The van der Waals surface area contributed by atoms with Gasteiger partial charge in [-0.2, -0.15) is 0 Å². The van der Waals surface area contributed by atoms with Crippen molar-refractivity contribution >= 4 is 23.8 Å². The number of amides is 2. The second-order valence-electron chi connectivity index (χ2n) is 9.45. The molecule has 0 aliphatic carbocycles. The first-order valence-electron chi connectivity index (χ1n) is 13.1. The van der Waals surface area contributed by atoms with Gasteiger partial charge in [0.25, 0.3) is 11.8 Å². The smallest absolute Gasteiger partial charge is 0.347 e. The lowest BCUT2D eigenvalue weighted by molar-refractivity contribution is -0.170. The molecule has 3 aromatic rings. The van der Waals surface area contributed by atoms with Gasteiger partial charge in [-0.25, -0.2) is 4.79 Å². The van der Waals surface area contributed by atoms with Crippen LogP contribution in [0.15, 0.2) is 84.9 Å². The lowest BCUT2D eigenvalue weighted by Crippen LogP contribution is -2.38. The number of aryl methyl sites for hydroxylation is 1. The van der Waals surface area contributed by atoms with Gasteiger partial charge in [0.1, 0.15) is 12.6 Å². The molecule has 39 heavy (non-hydrogen) atoms. The highest BCUT2D eigenvalue weighted by molar-refractivity contribution is 6.21. The van der Waals surface area contributed by atoms with Gasteiger partial charge in [0.15, 0.2) is 6.10 Å². The number of hydrogen-bond donors (Lipinski definition) is 1. The van der Waals surface area contributed by atoms with Crippen LogP contribution < -0.4 is 5.73 Å². The summed E-state index contributed by atoms with van der Waals surface area (Å²) in [5.41, 5.74) is 8.72. The van der Waals surface area contributed by atoms with Gasteiger partial charge in [0.05, 0.1) is 11.1 Å². The molecule has 2 atom stereocenters. The van der Waals surface area contributed by atoms with Crippen LogP contribution in [0.5, 0.6) is 0 Å². The van der Waals surface area contributed by atoms with Gasteiger partial charge >= 0.3 is 11.9 Å². The first-order valence-corrected chi connectivity index (χ1v) is 13.1. The Kier molecular flexibility index (Phi) is 9.58. The number of benzene rings is 3. The highest BCUT2D eigenvalue weighted by Crippen LogP contribution is 2.23. The quantitative estimate of drug-likeness (QED) is 0.202. The van der Waals surface area contributed by atoms with Crippen molar-refractivity contribution in [2.24, 2.45) is 5.73 Å². The summed E-state index contributed by atoms with van der Waals surface area (Å²) in [6, 6.07) is 24.7. The Morgan fingerprint density at radius 1 is 0.718 bits per heavy atom. The largest absolute Gasteiger partial charge is 0.458 e. The third-order valence-electron chi connectivity index (χ3n) is 6.61. The molecule has 0 bridgehead atoms. The molecule has 0 saturated heterocycles. The minimum atomic E-state index is -1.15. The first-order chi connectivity index (χ1) is 18.9. The van der Waals surface area contributed by atoms with Crippen molar-refractivity contribution in [3.8, 4) is 0 Å². The fourth-order valence-electron chi connectivity index (χ4n) is 4.40. The van der Waals surface area contributed by atoms with Gasteiger partial charge in [0.2, 0.25) is 0 Å². The number of fused-ring (bicyclic) bond motifs is 1. The number of ether oxygens (including phenoxy) is 2. The van der Waals surface area contributed by atoms with E-state index in [1.165, 1.54) is 4.90 Å². The molecule has 0 radical (unpaired) electrons. The molecule has 0 aromatic heterocycles. The minimum Gasteiger partial charge on any atom is -0.458 e. The summed E-state index contributed by atoms with van der Waals surface area (Å²) >= 11 is 0. The van der Waals surface area contributed by atoms with Crippen LogP contribution in [0.25, 0.3) is 0 Å². The van der Waals surface area contributed by atoms with E-state index < -0.39 is 24.1 Å². The molecule has 202 valence electrons. The van der Waals surface area contributed by atoms with Crippen molar-refractivity contribution in [1.82, 2.24) is 4.90 Å². The van der Waals surface area contributed by atoms with E-state index in [4.69, 9.17) is 15.2 Å². The fraction of sp³-hybridized carbons (Fsp3) is 0.290. The predicted octanol–water partition coefficient (Wildman–Crippen LogP) is 4.07. The van der Waals surface area contributed by atoms with Crippen molar-refractivity contribution in [2.45, 2.75) is 50.9 Å². The van der Waals surface area contributed by atoms with Crippen LogP contribution in [0.2, 0.25) is 0 Å². The molecule has 0 fully saturated rings. The number of hydrogen-bond acceptors (Lipinski definition) is 7. The topological polar surface area (TPSA) is 116 Å². The van der Waals surface area contributed by atoms with E-state index in [1.54, 1.807) is 24.3 Å². The van der Waals surface area contributed by atoms with Crippen molar-refractivity contribution < 1.29 is 28.7 Å². The molecule has 0 unspecified atom stereocenters. The van der Waals surface area contributed by atoms with Crippen molar-refractivity contribution in [3.05, 3.63) is 107 Å². The van der Waals surface area contributed by atoms with Gasteiger partial charge in [-0.1, -0.05) is 72.8 Å². The van der Waals surface area contributed by atoms with E-state index in [0.717, 1.165) is 11.1 Å². The molecule has 8 heteroatoms. The molecule has 1 heterocycles. The van der Waals surface area contributed by atoms with E-state index in [9.17, 15) is 19.2 Å². The normalized spacial score (nSPS) is 14.0. The van der Waals surface area contributed by atoms with Gasteiger partial charge in [-0.3, -0.25) is 19.3 Å². The van der Waals surface area contributed by atoms with E-state index in [0.29, 0.717) is 36.8 Å². The van der Waals surface area contributed by atoms with Crippen LogP contribution in [-0.4, -0.2) is 47.3 Å². The van der Waals surface area contributed by atoms with E-state index >= 15 is 0 Å². The lowest BCUT2D eigenvalue weighted by atomic mass is 10.1. The first kappa shape index (κ1) is 27.7. The Bertz CT molecular complexity index is 1260. The number of nitrogens with zero attached hydrogens (tertiary/aromatic N) is 1. The van der Waals surface area contributed by atoms with E-state index in [2.05, 4.69) is 0 Å². The third-order valence-corrected chi connectivity index (χ3v) is 6.61. The zero-order chi connectivity index (χ0) is 27.6. The molecule has 1 aliphatic rings. The molecule has 1 aliphatic heterocycles. The number of imide groups is 1. The Labute approximate surface area is 227 Å². The maximum Gasteiger partial charge on any atom is 0.347 e. The highest BCUT2D eigenvalue weighted by Gasteiger charge is 2.34. The molecular formula is C31H32N2O6. The number of nitrogens with two attached hydrogens (primary N) is 1. The summed E-state index contributed by atoms with van der Waals surface area (Å²) in [6.07, 6.45) is 0.852. The average molecular weight is 529 g/mol. The average Bonchev–Trinajstić information content (AvgIpc) is 3.21. The van der Waals surface area contributed by atoms with E-state index in [-0.39, 0.29) is 31.4 Å². The zero-order valence-corrected chi connectivity index (χ0v) is 21.7. The molecule has 0 spiro atoms. The zero-order valence-electron chi connectivity index (χ0n) is 21.7. The summed E-state index contributed by atoms with van der Waals surface area (Å²) in [4.78, 5) is 52.1. The van der Waals surface area contributed by atoms with Gasteiger partial charge in [0, 0.05) is 6.54 Å². The van der Waals surface area contributed by atoms with Gasteiger partial charge < -0.3 is 15.2 Å². The van der Waals surface area contributed by atoms with E-state index in [1.807, 2.05) is 60.7 Å². The van der Waals surface area contributed by atoms with Crippen LogP contribution in [0, 0.1) is 0 Å². The number of unbranched alkanes of at least 4 members (excludes halogenated alkanes) is 1. The maximum atomic E-state index is 12.9. The van der Waals surface area contributed by atoms with Crippen LogP contribution in [0.3, 0.4) is 0 Å². The fourth-order valence-corrected chi connectivity index (χ4v) is 4.40. The van der Waals surface area contributed by atoms with Gasteiger partial charge in [-0.15, -0.1) is 0 Å². The molecule has 0 saturated carbocycles. The SMILES string of the molecule is N[C@@H](CCc1ccccc1)C(=O)O[C@H](CCCCN1C(=O)c2ccccc2C1=O)C(=O)OCc1ccccc1. The number of carbonyl (C=O) groups is 4. The molecule has 2 N–H and O–H groups in total. The second kappa shape index (κ2) is 13.5. The summed E-state index contributed by atoms with van der Waals surface area (Å²) < 4.78 is 11.0. The predicted molar refractivity (Wildman–Crippen MR) is 145 cm³/mol. The molecule has 2 amide bonds. The number of rotatable bonds is 13. The Morgan fingerprint density at radius 3 is 1.90 bits per heavy atom. The van der Waals surface area contributed by atoms with Crippen LogP contribution in [0.4, 0.5) is 0 Å². The highest BCUT2D eigenvalue weighted by atomic mass is 16.6. The summed E-state index contributed by atoms with van der Waals surface area (Å²) in [6.45, 7) is 0.242. The molecular weight excluding hydrogens is 496 g/mol. The van der Waals surface area contributed by atoms with Crippen molar-refractivity contribution in [3.63, 3.8) is 0 Å². The monoisotopic (exact) mass is 528 g/mol. The lowest BCUT2D eigenvalue weighted by Gasteiger charge is -2.20. The Morgan fingerprint density at radius 2 is 1.28 bits per heavy atom. The molecule has 3 aromatic carbocycles. The summed E-state index contributed by atoms with van der Waals surface area (Å²) in [7, 11) is 0. The Hall–Kier alpha value is -4.30.